The molecule has 0 aromatic heterocycles. The van der Waals surface area contributed by atoms with Crippen LogP contribution in [0.3, 0.4) is 0 Å². The van der Waals surface area contributed by atoms with Gasteiger partial charge in [-0.15, -0.1) is 11.6 Å². The molecule has 3 atom stereocenters. The van der Waals surface area contributed by atoms with E-state index in [4.69, 9.17) is 17.3 Å². The van der Waals surface area contributed by atoms with Crippen molar-refractivity contribution in [3.63, 3.8) is 0 Å². The largest absolute Gasteiger partial charge is 0.344 e. The maximum absolute atomic E-state index is 12.9. The van der Waals surface area contributed by atoms with Gasteiger partial charge in [0.1, 0.15) is 6.04 Å². The molecule has 0 saturated heterocycles. The minimum absolute atomic E-state index is 0.170. The molecule has 1 rings (SSSR count). The van der Waals surface area contributed by atoms with Crippen molar-refractivity contribution in [2.75, 3.05) is 5.88 Å². The molecular weight excluding hydrogens is 390 g/mol. The summed E-state index contributed by atoms with van der Waals surface area (Å²) in [5.41, 5.74) is 6.87. The summed E-state index contributed by atoms with van der Waals surface area (Å²) in [6.07, 6.45) is 1.32. The summed E-state index contributed by atoms with van der Waals surface area (Å²) in [5, 5.41) is 5.54. The topological polar surface area (TPSA) is 101 Å². The molecule has 1 aromatic rings. The van der Waals surface area contributed by atoms with Crippen LogP contribution < -0.4 is 16.4 Å². The quantitative estimate of drug-likeness (QED) is 0.449. The Bertz CT molecular complexity index is 665. The average molecular weight is 424 g/mol. The second-order valence-corrected chi connectivity index (χ2v) is 8.54. The fourth-order valence-electron chi connectivity index (χ4n) is 3.06. The van der Waals surface area contributed by atoms with Gasteiger partial charge in [0.05, 0.1) is 18.0 Å². The average Bonchev–Trinajstić information content (AvgIpc) is 2.66. The summed E-state index contributed by atoms with van der Waals surface area (Å²) < 4.78 is 0. The number of halogens is 1. The minimum atomic E-state index is -0.762. The molecule has 7 heteroatoms. The van der Waals surface area contributed by atoms with E-state index >= 15 is 0 Å². The van der Waals surface area contributed by atoms with E-state index in [1.54, 1.807) is 0 Å². The first-order valence-corrected chi connectivity index (χ1v) is 10.7. The summed E-state index contributed by atoms with van der Waals surface area (Å²) in [5.74, 6) is -0.785. The fraction of sp³-hybridized carbons (Fsp3) is 0.591. The standard InChI is InChI=1S/C22H34ClN3O3/c1-14(2)10-17(24)21(28)26-19(11-15(3)4)22(29)25-18(20(27)13-23)12-16-8-6-5-7-9-16/h5-9,14-15,17-19H,10-13,24H2,1-4H3,(H,25,29)(H,26,28)/t17-,18-,19-/m0/s1. The molecule has 0 aliphatic rings. The Labute approximate surface area is 178 Å². The number of amides is 2. The van der Waals surface area contributed by atoms with Crippen LogP contribution in [-0.4, -0.2) is 41.6 Å². The third kappa shape index (κ3) is 9.41. The van der Waals surface area contributed by atoms with E-state index in [9.17, 15) is 14.4 Å². The van der Waals surface area contributed by atoms with Crippen LogP contribution in [0.5, 0.6) is 0 Å². The van der Waals surface area contributed by atoms with Crippen LogP contribution in [0.15, 0.2) is 30.3 Å². The van der Waals surface area contributed by atoms with Crippen molar-refractivity contribution in [1.82, 2.24) is 10.6 Å². The monoisotopic (exact) mass is 423 g/mol. The fourth-order valence-corrected chi connectivity index (χ4v) is 3.24. The van der Waals surface area contributed by atoms with Crippen molar-refractivity contribution in [3.8, 4) is 0 Å². The zero-order chi connectivity index (χ0) is 22.0. The zero-order valence-electron chi connectivity index (χ0n) is 17.8. The highest BCUT2D eigenvalue weighted by Gasteiger charge is 2.28. The molecule has 0 fully saturated rings. The Morgan fingerprint density at radius 3 is 1.97 bits per heavy atom. The maximum atomic E-state index is 12.9. The highest BCUT2D eigenvalue weighted by Crippen LogP contribution is 2.10. The molecule has 1 aromatic carbocycles. The molecule has 0 bridgehead atoms. The number of carbonyl (C=O) groups is 3. The van der Waals surface area contributed by atoms with Gasteiger partial charge in [-0.25, -0.2) is 0 Å². The van der Waals surface area contributed by atoms with Gasteiger partial charge in [-0.3, -0.25) is 14.4 Å². The summed E-state index contributed by atoms with van der Waals surface area (Å²) in [6, 6.07) is 7.21. The third-order valence-electron chi connectivity index (χ3n) is 4.52. The molecule has 0 saturated carbocycles. The van der Waals surface area contributed by atoms with Crippen LogP contribution in [0.4, 0.5) is 0 Å². The number of hydrogen-bond acceptors (Lipinski definition) is 4. The first-order valence-electron chi connectivity index (χ1n) is 10.1. The van der Waals surface area contributed by atoms with E-state index in [0.29, 0.717) is 19.3 Å². The summed E-state index contributed by atoms with van der Waals surface area (Å²) in [4.78, 5) is 37.6. The predicted octanol–water partition coefficient (Wildman–Crippen LogP) is 2.43. The summed E-state index contributed by atoms with van der Waals surface area (Å²) >= 11 is 5.75. The van der Waals surface area contributed by atoms with Crippen LogP contribution in [0.1, 0.15) is 46.1 Å². The van der Waals surface area contributed by atoms with Crippen molar-refractivity contribution >= 4 is 29.2 Å². The van der Waals surface area contributed by atoms with E-state index in [1.165, 1.54) is 0 Å². The third-order valence-corrected chi connectivity index (χ3v) is 4.79. The Balaban J connectivity index is 2.89. The molecule has 0 aliphatic heterocycles. The molecule has 162 valence electrons. The highest BCUT2D eigenvalue weighted by molar-refractivity contribution is 6.28. The number of Topliss-reactive ketones (excluding diaryl/α,β-unsaturated/α-hetero) is 1. The zero-order valence-corrected chi connectivity index (χ0v) is 18.5. The van der Waals surface area contributed by atoms with Crippen LogP contribution in [0.25, 0.3) is 0 Å². The van der Waals surface area contributed by atoms with Crippen LogP contribution in [0, 0.1) is 11.8 Å². The normalized spacial score (nSPS) is 14.3. The minimum Gasteiger partial charge on any atom is -0.344 e. The molecule has 0 heterocycles. The number of hydrogen-bond donors (Lipinski definition) is 3. The number of benzene rings is 1. The number of alkyl halides is 1. The van der Waals surface area contributed by atoms with Crippen LogP contribution in [0.2, 0.25) is 0 Å². The van der Waals surface area contributed by atoms with Gasteiger partial charge >= 0.3 is 0 Å². The van der Waals surface area contributed by atoms with Gasteiger partial charge in [-0.1, -0.05) is 58.0 Å². The van der Waals surface area contributed by atoms with Crippen LogP contribution in [-0.2, 0) is 20.8 Å². The lowest BCUT2D eigenvalue weighted by molar-refractivity contribution is -0.132. The van der Waals surface area contributed by atoms with Crippen LogP contribution >= 0.6 is 11.6 Å². The molecule has 4 N–H and O–H groups in total. The number of nitrogens with two attached hydrogens (primary N) is 1. The lowest BCUT2D eigenvalue weighted by atomic mass is 9.99. The smallest absolute Gasteiger partial charge is 0.243 e. The van der Waals surface area contributed by atoms with Crippen molar-refractivity contribution in [2.45, 2.75) is 65.1 Å². The Hall–Kier alpha value is -1.92. The van der Waals surface area contributed by atoms with Crippen molar-refractivity contribution < 1.29 is 14.4 Å². The Morgan fingerprint density at radius 1 is 0.897 bits per heavy atom. The lowest BCUT2D eigenvalue weighted by Gasteiger charge is -2.25. The van der Waals surface area contributed by atoms with E-state index in [2.05, 4.69) is 10.6 Å². The number of nitrogens with one attached hydrogen (secondary N) is 2. The SMILES string of the molecule is CC(C)C[C@H](NC(=O)[C@@H](N)CC(C)C)C(=O)N[C@@H](Cc1ccccc1)C(=O)CCl. The van der Waals surface area contributed by atoms with Gasteiger partial charge in [-0.2, -0.15) is 0 Å². The number of carbonyl (C=O) groups excluding carboxylic acids is 3. The summed E-state index contributed by atoms with van der Waals surface area (Å²) in [7, 11) is 0. The van der Waals surface area contributed by atoms with Crippen molar-refractivity contribution in [1.29, 1.82) is 0 Å². The molecule has 0 spiro atoms. The van der Waals surface area contributed by atoms with Gasteiger partial charge in [0.25, 0.3) is 0 Å². The molecule has 2 amide bonds. The van der Waals surface area contributed by atoms with E-state index in [-0.39, 0.29) is 29.4 Å². The maximum Gasteiger partial charge on any atom is 0.243 e. The van der Waals surface area contributed by atoms with Gasteiger partial charge < -0.3 is 16.4 Å². The highest BCUT2D eigenvalue weighted by atomic mass is 35.5. The lowest BCUT2D eigenvalue weighted by Crippen LogP contribution is -2.55. The van der Waals surface area contributed by atoms with Gasteiger partial charge in [-0.05, 0) is 36.7 Å². The molecule has 6 nitrogen and oxygen atoms in total. The molecular formula is C22H34ClN3O3. The first-order chi connectivity index (χ1) is 13.6. The Morgan fingerprint density at radius 2 is 1.45 bits per heavy atom. The molecule has 29 heavy (non-hydrogen) atoms. The Kier molecular flexibility index (Phi) is 10.9. The summed E-state index contributed by atoms with van der Waals surface area (Å²) in [6.45, 7) is 7.90. The molecule has 0 unspecified atom stereocenters. The first kappa shape index (κ1) is 25.1. The van der Waals surface area contributed by atoms with Gasteiger partial charge in [0, 0.05) is 0 Å². The second-order valence-electron chi connectivity index (χ2n) is 8.28. The van der Waals surface area contributed by atoms with Crippen molar-refractivity contribution in [3.05, 3.63) is 35.9 Å². The van der Waals surface area contributed by atoms with Crippen molar-refractivity contribution in [2.24, 2.45) is 17.6 Å². The van der Waals surface area contributed by atoms with Gasteiger partial charge in [0.15, 0.2) is 5.78 Å². The number of rotatable bonds is 12. The van der Waals surface area contributed by atoms with E-state index < -0.39 is 24.0 Å². The van der Waals surface area contributed by atoms with E-state index in [1.807, 2.05) is 58.0 Å². The molecule has 0 radical (unpaired) electrons. The number of ketones is 1. The molecule has 0 aliphatic carbocycles. The predicted molar refractivity (Wildman–Crippen MR) is 117 cm³/mol. The van der Waals surface area contributed by atoms with Gasteiger partial charge in [0.2, 0.25) is 11.8 Å². The second kappa shape index (κ2) is 12.6. The van der Waals surface area contributed by atoms with E-state index in [0.717, 1.165) is 5.56 Å².